The first kappa shape index (κ1) is 10.7. The van der Waals surface area contributed by atoms with Crippen molar-refractivity contribution in [2.45, 2.75) is 6.92 Å². The highest BCUT2D eigenvalue weighted by molar-refractivity contribution is 5.19. The fourth-order valence-corrected chi connectivity index (χ4v) is 0.879. The fourth-order valence-electron chi connectivity index (χ4n) is 0.879. The van der Waals surface area contributed by atoms with Gasteiger partial charge >= 0.3 is 0 Å². The van der Waals surface area contributed by atoms with Crippen LogP contribution in [0.3, 0.4) is 0 Å². The molecule has 0 amide bonds. The van der Waals surface area contributed by atoms with E-state index in [9.17, 15) is 4.39 Å². The van der Waals surface area contributed by atoms with Crippen LogP contribution in [0.25, 0.3) is 0 Å². The lowest BCUT2D eigenvalue weighted by atomic mass is 10.4. The van der Waals surface area contributed by atoms with Gasteiger partial charge in [0, 0.05) is 12.2 Å². The number of hydrogen-bond acceptors (Lipinski definition) is 3. The number of halogens is 1. The summed E-state index contributed by atoms with van der Waals surface area (Å²) in [4.78, 5) is 4.01. The van der Waals surface area contributed by atoms with Crippen LogP contribution in [0, 0.1) is 6.92 Å². The summed E-state index contributed by atoms with van der Waals surface area (Å²) in [5, 5.41) is 0. The second kappa shape index (κ2) is 5.34. The normalized spacial score (nSPS) is 11.5. The molecule has 1 heterocycles. The van der Waals surface area contributed by atoms with E-state index >= 15 is 0 Å². The maximum Gasteiger partial charge on any atom is 0.139 e. The SMILES string of the molecule is Cc1ccc(OCC(F)=CCN)cn1. The molecule has 0 bridgehead atoms. The molecule has 0 aromatic carbocycles. The standard InChI is InChI=1S/C10H13FN2O/c1-8-2-3-10(6-13-8)14-7-9(11)4-5-12/h2-4,6H,5,7,12H2,1H3. The van der Waals surface area contributed by atoms with Gasteiger partial charge in [0.25, 0.3) is 0 Å². The summed E-state index contributed by atoms with van der Waals surface area (Å²) < 4.78 is 17.9. The van der Waals surface area contributed by atoms with Crippen molar-refractivity contribution in [2.75, 3.05) is 13.2 Å². The second-order valence-corrected chi connectivity index (χ2v) is 2.81. The third-order valence-corrected chi connectivity index (χ3v) is 1.60. The molecule has 1 aromatic rings. The Labute approximate surface area is 82.4 Å². The molecule has 3 nitrogen and oxygen atoms in total. The predicted octanol–water partition coefficient (Wildman–Crippen LogP) is 1.58. The summed E-state index contributed by atoms with van der Waals surface area (Å²) in [5.74, 6) is 0.184. The topological polar surface area (TPSA) is 48.1 Å². The molecule has 0 saturated carbocycles. The zero-order valence-corrected chi connectivity index (χ0v) is 8.03. The van der Waals surface area contributed by atoms with Crippen LogP contribution in [0.2, 0.25) is 0 Å². The minimum atomic E-state index is -0.368. The molecule has 0 spiro atoms. The number of nitrogens with zero attached hydrogens (tertiary/aromatic N) is 1. The zero-order chi connectivity index (χ0) is 10.4. The van der Waals surface area contributed by atoms with Crippen molar-refractivity contribution in [1.29, 1.82) is 0 Å². The molecule has 0 radical (unpaired) electrons. The first-order valence-electron chi connectivity index (χ1n) is 4.32. The summed E-state index contributed by atoms with van der Waals surface area (Å²) in [6.07, 6.45) is 2.84. The monoisotopic (exact) mass is 196 g/mol. The van der Waals surface area contributed by atoms with E-state index in [1.54, 1.807) is 18.3 Å². The van der Waals surface area contributed by atoms with Gasteiger partial charge in [0.05, 0.1) is 6.20 Å². The van der Waals surface area contributed by atoms with Crippen LogP contribution < -0.4 is 10.5 Å². The van der Waals surface area contributed by atoms with Crippen LogP contribution in [0.1, 0.15) is 5.69 Å². The first-order valence-corrected chi connectivity index (χ1v) is 4.32. The molecular weight excluding hydrogens is 183 g/mol. The van der Waals surface area contributed by atoms with E-state index in [0.717, 1.165) is 5.69 Å². The molecule has 0 aliphatic carbocycles. The van der Waals surface area contributed by atoms with Gasteiger partial charge in [-0.25, -0.2) is 4.39 Å². The van der Waals surface area contributed by atoms with Crippen LogP contribution in [-0.4, -0.2) is 18.1 Å². The molecule has 76 valence electrons. The molecule has 0 aliphatic heterocycles. The van der Waals surface area contributed by atoms with Crippen molar-refractivity contribution in [3.8, 4) is 5.75 Å². The number of pyridine rings is 1. The number of rotatable bonds is 4. The van der Waals surface area contributed by atoms with E-state index < -0.39 is 0 Å². The Morgan fingerprint density at radius 2 is 2.43 bits per heavy atom. The summed E-state index contributed by atoms with van der Waals surface area (Å²) in [5.41, 5.74) is 6.03. The van der Waals surface area contributed by atoms with Crippen molar-refractivity contribution < 1.29 is 9.13 Å². The molecule has 4 heteroatoms. The average molecular weight is 196 g/mol. The van der Waals surface area contributed by atoms with E-state index in [1.165, 1.54) is 6.08 Å². The van der Waals surface area contributed by atoms with E-state index in [0.29, 0.717) is 5.75 Å². The van der Waals surface area contributed by atoms with Crippen LogP contribution >= 0.6 is 0 Å². The van der Waals surface area contributed by atoms with Crippen LogP contribution in [0.4, 0.5) is 4.39 Å². The van der Waals surface area contributed by atoms with Crippen molar-refractivity contribution in [2.24, 2.45) is 5.73 Å². The number of aryl methyl sites for hydroxylation is 1. The second-order valence-electron chi connectivity index (χ2n) is 2.81. The van der Waals surface area contributed by atoms with Gasteiger partial charge in [-0.3, -0.25) is 4.98 Å². The molecule has 0 unspecified atom stereocenters. The van der Waals surface area contributed by atoms with Crippen LogP contribution in [0.15, 0.2) is 30.2 Å². The maximum absolute atomic E-state index is 12.8. The van der Waals surface area contributed by atoms with Gasteiger partial charge in [0.1, 0.15) is 18.2 Å². The minimum absolute atomic E-state index is 0.0953. The highest BCUT2D eigenvalue weighted by atomic mass is 19.1. The van der Waals surface area contributed by atoms with Gasteiger partial charge in [-0.2, -0.15) is 0 Å². The van der Waals surface area contributed by atoms with Gasteiger partial charge in [-0.1, -0.05) is 0 Å². The minimum Gasteiger partial charge on any atom is -0.485 e. The smallest absolute Gasteiger partial charge is 0.139 e. The number of hydrogen-bond donors (Lipinski definition) is 1. The third kappa shape index (κ3) is 3.53. The molecule has 0 atom stereocenters. The van der Waals surface area contributed by atoms with Crippen molar-refractivity contribution in [1.82, 2.24) is 4.98 Å². The molecular formula is C10H13FN2O. The maximum atomic E-state index is 12.8. The number of nitrogens with two attached hydrogens (primary N) is 1. The zero-order valence-electron chi connectivity index (χ0n) is 8.03. The first-order chi connectivity index (χ1) is 6.72. The van der Waals surface area contributed by atoms with Crippen LogP contribution in [0.5, 0.6) is 5.75 Å². The lowest BCUT2D eigenvalue weighted by Gasteiger charge is -2.03. The van der Waals surface area contributed by atoms with Gasteiger partial charge in [0.15, 0.2) is 0 Å². The van der Waals surface area contributed by atoms with Crippen molar-refractivity contribution >= 4 is 0 Å². The lowest BCUT2D eigenvalue weighted by Crippen LogP contribution is -2.01. The third-order valence-electron chi connectivity index (χ3n) is 1.60. The Hall–Kier alpha value is -1.42. The fraction of sp³-hybridized carbons (Fsp3) is 0.300. The molecule has 0 saturated heterocycles. The highest BCUT2D eigenvalue weighted by Crippen LogP contribution is 2.10. The van der Waals surface area contributed by atoms with E-state index in [2.05, 4.69) is 4.98 Å². The van der Waals surface area contributed by atoms with Gasteiger partial charge in [-0.15, -0.1) is 0 Å². The summed E-state index contributed by atoms with van der Waals surface area (Å²) in [6, 6.07) is 3.55. The summed E-state index contributed by atoms with van der Waals surface area (Å²) >= 11 is 0. The van der Waals surface area contributed by atoms with Gasteiger partial charge in [-0.05, 0) is 25.1 Å². The number of ether oxygens (including phenoxy) is 1. The largest absolute Gasteiger partial charge is 0.485 e. The number of aromatic nitrogens is 1. The predicted molar refractivity (Wildman–Crippen MR) is 52.7 cm³/mol. The van der Waals surface area contributed by atoms with E-state index in [-0.39, 0.29) is 19.0 Å². The quantitative estimate of drug-likeness (QED) is 0.795. The Bertz CT molecular complexity index is 308. The molecule has 0 aliphatic rings. The molecule has 2 N–H and O–H groups in total. The van der Waals surface area contributed by atoms with Crippen LogP contribution in [-0.2, 0) is 0 Å². The molecule has 0 fully saturated rings. The van der Waals surface area contributed by atoms with Crippen molar-refractivity contribution in [3.63, 3.8) is 0 Å². The Morgan fingerprint density at radius 3 is 3.00 bits per heavy atom. The summed E-state index contributed by atoms with van der Waals surface area (Å²) in [7, 11) is 0. The Kier molecular flexibility index (Phi) is 4.07. The van der Waals surface area contributed by atoms with E-state index in [1.807, 2.05) is 6.92 Å². The van der Waals surface area contributed by atoms with Gasteiger partial charge < -0.3 is 10.5 Å². The van der Waals surface area contributed by atoms with Gasteiger partial charge in [0.2, 0.25) is 0 Å². The average Bonchev–Trinajstić information content (AvgIpc) is 2.17. The lowest BCUT2D eigenvalue weighted by molar-refractivity contribution is 0.317. The summed E-state index contributed by atoms with van der Waals surface area (Å²) in [6.45, 7) is 1.96. The van der Waals surface area contributed by atoms with E-state index in [4.69, 9.17) is 10.5 Å². The Balaban J connectivity index is 2.46. The molecule has 1 aromatic heterocycles. The Morgan fingerprint density at radius 1 is 1.64 bits per heavy atom. The van der Waals surface area contributed by atoms with Crippen molar-refractivity contribution in [3.05, 3.63) is 35.9 Å². The molecule has 14 heavy (non-hydrogen) atoms. The highest BCUT2D eigenvalue weighted by Gasteiger charge is 1.97. The molecule has 1 rings (SSSR count).